The minimum Gasteiger partial charge on any atom is -0.478 e. The number of rotatable bonds is 7. The number of aromatic carboxylic acids is 1. The lowest BCUT2D eigenvalue weighted by molar-refractivity contribution is -0.137. The molecule has 224 valence electrons. The molecule has 1 fully saturated rings. The predicted molar refractivity (Wildman–Crippen MR) is 157 cm³/mol. The Balaban J connectivity index is 1.46. The summed E-state index contributed by atoms with van der Waals surface area (Å²) < 4.78 is 56.5. The van der Waals surface area contributed by atoms with Crippen LogP contribution in [0.4, 0.5) is 17.6 Å². The molecule has 1 aromatic heterocycles. The topological polar surface area (TPSA) is 84.2 Å². The molecule has 2 N–H and O–H groups in total. The second-order valence-corrected chi connectivity index (χ2v) is 11.6. The SMILES string of the molecule is O=C(O)c1ccc(C2(NC(=O)c3cc(-c4cc(F)cc(C(F)(F)F)c4)cc4cnn(Cc5cc(Cl)cc(Cl)c5)c34)CC2)cc1. The van der Waals surface area contributed by atoms with E-state index in [4.69, 9.17) is 23.2 Å². The lowest BCUT2D eigenvalue weighted by atomic mass is 9.97. The van der Waals surface area contributed by atoms with Gasteiger partial charge < -0.3 is 10.4 Å². The monoisotopic (exact) mass is 641 g/mol. The molecule has 1 saturated carbocycles. The highest BCUT2D eigenvalue weighted by Crippen LogP contribution is 2.46. The number of aromatic nitrogens is 2. The van der Waals surface area contributed by atoms with Gasteiger partial charge in [0.15, 0.2) is 0 Å². The number of hydrogen-bond acceptors (Lipinski definition) is 3. The van der Waals surface area contributed by atoms with Crippen molar-refractivity contribution in [2.75, 3.05) is 0 Å². The first-order chi connectivity index (χ1) is 20.8. The Bertz CT molecular complexity index is 1930. The standard InChI is InChI=1S/C32H21Cl2F4N3O3/c33-24-7-17(8-25(34)14-24)16-41-28-21(15-39-41)9-19(20-10-23(32(36,37)38)13-26(35)11-20)12-27(28)29(42)40-31(5-6-31)22-3-1-18(2-4-22)30(43)44/h1-4,7-15H,5-6,16H2,(H,40,42)(H,43,44). The fourth-order valence-electron chi connectivity index (χ4n) is 5.32. The van der Waals surface area contributed by atoms with Gasteiger partial charge in [0.05, 0.1) is 40.5 Å². The van der Waals surface area contributed by atoms with E-state index in [1.807, 2.05) is 0 Å². The van der Waals surface area contributed by atoms with Crippen molar-refractivity contribution in [2.45, 2.75) is 31.1 Å². The molecule has 4 aromatic carbocycles. The number of halogens is 6. The Morgan fingerprint density at radius 3 is 2.20 bits per heavy atom. The van der Waals surface area contributed by atoms with Crippen LogP contribution in [-0.4, -0.2) is 26.8 Å². The normalized spacial score (nSPS) is 14.0. The molecule has 1 heterocycles. The third kappa shape index (κ3) is 5.87. The Kier molecular flexibility index (Phi) is 7.37. The number of alkyl halides is 3. The third-order valence-corrected chi connectivity index (χ3v) is 8.02. The van der Waals surface area contributed by atoms with Crippen LogP contribution in [0.3, 0.4) is 0 Å². The van der Waals surface area contributed by atoms with E-state index in [2.05, 4.69) is 10.4 Å². The largest absolute Gasteiger partial charge is 0.478 e. The van der Waals surface area contributed by atoms with Gasteiger partial charge in [-0.3, -0.25) is 9.48 Å². The van der Waals surface area contributed by atoms with Crippen LogP contribution in [0.5, 0.6) is 0 Å². The van der Waals surface area contributed by atoms with Crippen molar-refractivity contribution < 1.29 is 32.3 Å². The molecule has 44 heavy (non-hydrogen) atoms. The summed E-state index contributed by atoms with van der Waals surface area (Å²) in [4.78, 5) is 25.3. The summed E-state index contributed by atoms with van der Waals surface area (Å²) in [5, 5.41) is 18.0. The summed E-state index contributed by atoms with van der Waals surface area (Å²) >= 11 is 12.4. The minimum absolute atomic E-state index is 0.0620. The molecule has 1 aliphatic rings. The van der Waals surface area contributed by atoms with Crippen molar-refractivity contribution in [3.63, 3.8) is 0 Å². The van der Waals surface area contributed by atoms with Gasteiger partial charge in [0.25, 0.3) is 5.91 Å². The number of amides is 1. The summed E-state index contributed by atoms with van der Waals surface area (Å²) in [6.45, 7) is 0.170. The lowest BCUT2D eigenvalue weighted by Gasteiger charge is -2.20. The number of benzene rings is 4. The minimum atomic E-state index is -4.78. The van der Waals surface area contributed by atoms with Crippen molar-refractivity contribution in [3.8, 4) is 11.1 Å². The lowest BCUT2D eigenvalue weighted by Crippen LogP contribution is -2.35. The van der Waals surface area contributed by atoms with Crippen LogP contribution in [-0.2, 0) is 18.3 Å². The number of nitrogens with one attached hydrogen (secondary N) is 1. The predicted octanol–water partition coefficient (Wildman–Crippen LogP) is 8.33. The number of carbonyl (C=O) groups excluding carboxylic acids is 1. The summed E-state index contributed by atoms with van der Waals surface area (Å²) in [6.07, 6.45) is -2.12. The third-order valence-electron chi connectivity index (χ3n) is 7.58. The molecule has 1 aliphatic carbocycles. The van der Waals surface area contributed by atoms with E-state index in [-0.39, 0.29) is 28.8 Å². The molecular weight excluding hydrogens is 621 g/mol. The number of carboxylic acid groups (broad SMARTS) is 1. The van der Waals surface area contributed by atoms with Crippen LogP contribution in [0.25, 0.3) is 22.0 Å². The Labute approximate surface area is 257 Å². The van der Waals surface area contributed by atoms with Crippen molar-refractivity contribution in [1.29, 1.82) is 0 Å². The smallest absolute Gasteiger partial charge is 0.416 e. The summed E-state index contributed by atoms with van der Waals surface area (Å²) in [5.74, 6) is -2.68. The maximum absolute atomic E-state index is 14.4. The molecule has 0 unspecified atom stereocenters. The van der Waals surface area contributed by atoms with Gasteiger partial charge >= 0.3 is 12.1 Å². The molecule has 0 bridgehead atoms. The zero-order chi connectivity index (χ0) is 31.4. The molecule has 6 rings (SSSR count). The van der Waals surface area contributed by atoms with Crippen LogP contribution in [0.2, 0.25) is 10.0 Å². The van der Waals surface area contributed by atoms with Crippen molar-refractivity contribution in [2.24, 2.45) is 0 Å². The van der Waals surface area contributed by atoms with Gasteiger partial charge in [0, 0.05) is 15.4 Å². The molecule has 5 aromatic rings. The fraction of sp³-hybridized carbons (Fsp3) is 0.156. The van der Waals surface area contributed by atoms with Crippen molar-refractivity contribution in [1.82, 2.24) is 15.1 Å². The summed E-state index contributed by atoms with van der Waals surface area (Å²) in [7, 11) is 0. The molecule has 1 amide bonds. The molecule has 0 atom stereocenters. The molecule has 0 radical (unpaired) electrons. The average Bonchev–Trinajstić information content (AvgIpc) is 3.63. The van der Waals surface area contributed by atoms with Crippen LogP contribution >= 0.6 is 23.2 Å². The zero-order valence-electron chi connectivity index (χ0n) is 22.6. The quantitative estimate of drug-likeness (QED) is 0.175. The van der Waals surface area contributed by atoms with E-state index in [0.29, 0.717) is 51.0 Å². The first kappa shape index (κ1) is 29.7. The van der Waals surface area contributed by atoms with Gasteiger partial charge in [-0.25, -0.2) is 9.18 Å². The van der Waals surface area contributed by atoms with Crippen LogP contribution < -0.4 is 5.32 Å². The maximum Gasteiger partial charge on any atom is 0.416 e. The number of hydrogen-bond donors (Lipinski definition) is 2. The van der Waals surface area contributed by atoms with Crippen LogP contribution in [0.15, 0.2) is 79.0 Å². The number of nitrogens with zero attached hydrogens (tertiary/aromatic N) is 2. The van der Waals surface area contributed by atoms with Gasteiger partial charge in [-0.15, -0.1) is 0 Å². The van der Waals surface area contributed by atoms with E-state index in [0.717, 1.165) is 12.1 Å². The van der Waals surface area contributed by atoms with E-state index in [1.54, 1.807) is 41.1 Å². The van der Waals surface area contributed by atoms with Gasteiger partial charge in [-0.1, -0.05) is 35.3 Å². The number of fused-ring (bicyclic) bond motifs is 1. The highest BCUT2D eigenvalue weighted by Gasteiger charge is 2.46. The first-order valence-corrected chi connectivity index (χ1v) is 14.1. The second-order valence-electron chi connectivity index (χ2n) is 10.7. The highest BCUT2D eigenvalue weighted by molar-refractivity contribution is 6.34. The maximum atomic E-state index is 14.4. The zero-order valence-corrected chi connectivity index (χ0v) is 24.1. The molecule has 0 aliphatic heterocycles. The Morgan fingerprint density at radius 2 is 1.59 bits per heavy atom. The van der Waals surface area contributed by atoms with Gasteiger partial charge in [-0.05, 0) is 95.8 Å². The number of carbonyl (C=O) groups is 2. The van der Waals surface area contributed by atoms with E-state index < -0.39 is 35.0 Å². The van der Waals surface area contributed by atoms with Crippen molar-refractivity contribution >= 4 is 46.0 Å². The second kappa shape index (κ2) is 10.9. The van der Waals surface area contributed by atoms with Crippen molar-refractivity contribution in [3.05, 3.63) is 123 Å². The average molecular weight is 642 g/mol. The molecule has 6 nitrogen and oxygen atoms in total. The molecule has 0 spiro atoms. The molecular formula is C32H21Cl2F4N3O3. The van der Waals surface area contributed by atoms with Crippen LogP contribution in [0.1, 0.15) is 50.2 Å². The van der Waals surface area contributed by atoms with Crippen LogP contribution in [0, 0.1) is 5.82 Å². The Morgan fingerprint density at radius 1 is 0.932 bits per heavy atom. The van der Waals surface area contributed by atoms with E-state index in [9.17, 15) is 32.3 Å². The fourth-order valence-corrected chi connectivity index (χ4v) is 5.89. The summed E-state index contributed by atoms with van der Waals surface area (Å²) in [6, 6.07) is 16.3. The van der Waals surface area contributed by atoms with Gasteiger partial charge in [-0.2, -0.15) is 18.3 Å². The molecule has 12 heteroatoms. The summed E-state index contributed by atoms with van der Waals surface area (Å²) in [5.41, 5.74) is 0.218. The van der Waals surface area contributed by atoms with E-state index in [1.165, 1.54) is 24.4 Å². The van der Waals surface area contributed by atoms with E-state index >= 15 is 0 Å². The van der Waals surface area contributed by atoms with Gasteiger partial charge in [0.1, 0.15) is 5.82 Å². The Hall–Kier alpha value is -4.41. The first-order valence-electron chi connectivity index (χ1n) is 13.3. The number of carboxylic acids is 1. The molecule has 0 saturated heterocycles. The van der Waals surface area contributed by atoms with Gasteiger partial charge in [0.2, 0.25) is 0 Å². The highest BCUT2D eigenvalue weighted by atomic mass is 35.5.